The van der Waals surface area contributed by atoms with Gasteiger partial charge < -0.3 is 5.32 Å². The van der Waals surface area contributed by atoms with Gasteiger partial charge in [0.25, 0.3) is 5.56 Å². The minimum absolute atomic E-state index is 0.0665. The van der Waals surface area contributed by atoms with Crippen LogP contribution < -0.4 is 10.9 Å². The molecule has 0 fully saturated rings. The second-order valence-electron chi connectivity index (χ2n) is 4.21. The lowest BCUT2D eigenvalue weighted by atomic mass is 10.3. The fourth-order valence-corrected chi connectivity index (χ4v) is 3.48. The van der Waals surface area contributed by atoms with E-state index in [2.05, 4.69) is 20.6 Å². The maximum absolute atomic E-state index is 13.0. The summed E-state index contributed by atoms with van der Waals surface area (Å²) in [6.07, 6.45) is 1.06. The van der Waals surface area contributed by atoms with Crippen LogP contribution in [-0.4, -0.2) is 31.5 Å². The molecule has 0 saturated heterocycles. The molecule has 3 aromatic rings. The number of anilines is 1. The smallest absolute Gasteiger partial charge is 0.293 e. The zero-order valence-electron chi connectivity index (χ0n) is 11.2. The highest BCUT2D eigenvalue weighted by Gasteiger charge is 2.10. The Hall–Kier alpha value is -2.04. The normalized spacial score (nSPS) is 10.9. The molecule has 118 valence electrons. The molecule has 1 amide bonds. The van der Waals surface area contributed by atoms with Crippen molar-refractivity contribution in [1.29, 1.82) is 0 Å². The third-order valence-electron chi connectivity index (χ3n) is 2.59. The van der Waals surface area contributed by atoms with Gasteiger partial charge in [-0.1, -0.05) is 34.7 Å². The van der Waals surface area contributed by atoms with E-state index >= 15 is 0 Å². The van der Waals surface area contributed by atoms with Crippen molar-refractivity contribution < 1.29 is 9.18 Å². The molecule has 2 aromatic heterocycles. The first-order valence-corrected chi connectivity index (χ1v) is 8.30. The minimum Gasteiger partial charge on any atom is -0.325 e. The van der Waals surface area contributed by atoms with Gasteiger partial charge in [-0.2, -0.15) is 9.61 Å². The van der Waals surface area contributed by atoms with Gasteiger partial charge in [0.2, 0.25) is 10.9 Å². The summed E-state index contributed by atoms with van der Waals surface area (Å²) in [5.74, 6) is -0.799. The Kier molecular flexibility index (Phi) is 4.55. The van der Waals surface area contributed by atoms with Gasteiger partial charge in [-0.25, -0.2) is 4.39 Å². The van der Waals surface area contributed by atoms with Gasteiger partial charge in [-0.05, 0) is 18.2 Å². The van der Waals surface area contributed by atoms with Crippen LogP contribution >= 0.6 is 34.7 Å². The largest absolute Gasteiger partial charge is 0.325 e. The summed E-state index contributed by atoms with van der Waals surface area (Å²) in [7, 11) is 0. The van der Waals surface area contributed by atoms with Gasteiger partial charge in [-0.15, -0.1) is 10.2 Å². The molecule has 0 aliphatic carbocycles. The number of rotatable bonds is 4. The quantitative estimate of drug-likeness (QED) is 0.706. The van der Waals surface area contributed by atoms with Gasteiger partial charge in [0.05, 0.1) is 10.8 Å². The molecule has 0 radical (unpaired) electrons. The summed E-state index contributed by atoms with van der Waals surface area (Å²) >= 11 is 7.95. The van der Waals surface area contributed by atoms with Crippen molar-refractivity contribution in [1.82, 2.24) is 19.8 Å². The minimum atomic E-state index is -0.555. The summed E-state index contributed by atoms with van der Waals surface area (Å²) in [5, 5.41) is 13.9. The molecule has 23 heavy (non-hydrogen) atoms. The molecule has 3 rings (SSSR count). The number of aromatic nitrogens is 4. The highest BCUT2D eigenvalue weighted by atomic mass is 35.5. The monoisotopic (exact) mass is 371 g/mol. The molecule has 1 aromatic carbocycles. The van der Waals surface area contributed by atoms with Gasteiger partial charge >= 0.3 is 0 Å². The van der Waals surface area contributed by atoms with Gasteiger partial charge in [0, 0.05) is 5.69 Å². The summed E-state index contributed by atoms with van der Waals surface area (Å²) in [6, 6.07) is 3.91. The number of halogens is 2. The number of nitrogens with zero attached hydrogens (tertiary/aromatic N) is 4. The Bertz CT molecular complexity index is 945. The Morgan fingerprint density at radius 1 is 1.48 bits per heavy atom. The molecule has 0 aliphatic rings. The zero-order valence-corrected chi connectivity index (χ0v) is 13.6. The van der Waals surface area contributed by atoms with Crippen molar-refractivity contribution in [3.63, 3.8) is 0 Å². The standard InChI is InChI=1S/C12H7ClFN5O2S2/c13-7-3-6(1-2-8(7)14)16-9(20)5-22-12-18-19-10(21)4-15-17-11(19)23-12/h1-4H,5H2,(H,16,20). The maximum Gasteiger partial charge on any atom is 0.293 e. The molecule has 0 saturated carbocycles. The van der Waals surface area contributed by atoms with Crippen LogP contribution in [0.15, 0.2) is 33.5 Å². The van der Waals surface area contributed by atoms with Crippen molar-refractivity contribution in [3.8, 4) is 0 Å². The molecule has 0 bridgehead atoms. The van der Waals surface area contributed by atoms with E-state index in [9.17, 15) is 14.0 Å². The van der Waals surface area contributed by atoms with E-state index in [1.807, 2.05) is 0 Å². The summed E-state index contributed by atoms with van der Waals surface area (Å²) in [6.45, 7) is 0. The van der Waals surface area contributed by atoms with Crippen LogP contribution in [0.5, 0.6) is 0 Å². The van der Waals surface area contributed by atoms with E-state index < -0.39 is 5.82 Å². The topological polar surface area (TPSA) is 89.3 Å². The summed E-state index contributed by atoms with van der Waals surface area (Å²) in [4.78, 5) is 23.7. The molecular weight excluding hydrogens is 365 g/mol. The maximum atomic E-state index is 13.0. The molecule has 7 nitrogen and oxygen atoms in total. The Balaban J connectivity index is 1.64. The number of fused-ring (bicyclic) bond motifs is 1. The van der Waals surface area contributed by atoms with Crippen molar-refractivity contribution in [2.45, 2.75) is 4.34 Å². The van der Waals surface area contributed by atoms with Crippen molar-refractivity contribution >= 4 is 51.3 Å². The van der Waals surface area contributed by atoms with E-state index in [4.69, 9.17) is 11.6 Å². The fraction of sp³-hybridized carbons (Fsp3) is 0.0833. The summed E-state index contributed by atoms with van der Waals surface area (Å²) < 4.78 is 14.7. The number of carbonyl (C=O) groups is 1. The van der Waals surface area contributed by atoms with Crippen LogP contribution in [0.25, 0.3) is 4.96 Å². The van der Waals surface area contributed by atoms with Crippen LogP contribution in [-0.2, 0) is 4.79 Å². The van der Waals surface area contributed by atoms with E-state index in [1.165, 1.54) is 18.2 Å². The highest BCUT2D eigenvalue weighted by Crippen LogP contribution is 2.23. The van der Waals surface area contributed by atoms with Crippen LogP contribution in [0.3, 0.4) is 0 Å². The van der Waals surface area contributed by atoms with E-state index in [0.29, 0.717) is 15.0 Å². The van der Waals surface area contributed by atoms with Crippen LogP contribution in [0, 0.1) is 5.82 Å². The first-order valence-electron chi connectivity index (χ1n) is 6.12. The van der Waals surface area contributed by atoms with Crippen molar-refractivity contribution in [3.05, 3.63) is 45.6 Å². The number of amides is 1. The predicted molar refractivity (Wildman–Crippen MR) is 85.7 cm³/mol. The molecule has 11 heteroatoms. The fourth-order valence-electron chi connectivity index (χ4n) is 1.61. The number of hydrogen-bond donors (Lipinski definition) is 1. The van der Waals surface area contributed by atoms with Gasteiger partial charge in [-0.3, -0.25) is 9.59 Å². The molecule has 1 N–H and O–H groups in total. The third kappa shape index (κ3) is 3.66. The number of thioether (sulfide) groups is 1. The summed E-state index contributed by atoms with van der Waals surface area (Å²) in [5.41, 5.74) is 0.0110. The second-order valence-corrected chi connectivity index (χ2v) is 6.80. The number of hydrogen-bond acceptors (Lipinski definition) is 7. The Morgan fingerprint density at radius 3 is 3.04 bits per heavy atom. The molecule has 0 aliphatic heterocycles. The Labute approximate surface area is 141 Å². The van der Waals surface area contributed by atoms with Crippen LogP contribution in [0.2, 0.25) is 5.02 Å². The molecule has 0 unspecified atom stereocenters. The number of nitrogens with one attached hydrogen (secondary N) is 1. The van der Waals surface area contributed by atoms with Crippen molar-refractivity contribution in [2.24, 2.45) is 0 Å². The van der Waals surface area contributed by atoms with Gasteiger partial charge in [0.15, 0.2) is 4.34 Å². The van der Waals surface area contributed by atoms with E-state index in [0.717, 1.165) is 33.8 Å². The lowest BCUT2D eigenvalue weighted by Gasteiger charge is -2.04. The third-order valence-corrected chi connectivity index (χ3v) is 4.91. The van der Waals surface area contributed by atoms with E-state index in [1.54, 1.807) is 0 Å². The molecule has 0 atom stereocenters. The van der Waals surface area contributed by atoms with Crippen LogP contribution in [0.4, 0.5) is 10.1 Å². The zero-order chi connectivity index (χ0) is 16.4. The SMILES string of the molecule is O=C(CSc1nn2c(=O)cnnc2s1)Nc1ccc(F)c(Cl)c1. The predicted octanol–water partition coefficient (Wildman–Crippen LogP) is 2.07. The second kappa shape index (κ2) is 6.60. The molecule has 0 spiro atoms. The molecule has 2 heterocycles. The van der Waals surface area contributed by atoms with E-state index in [-0.39, 0.29) is 22.2 Å². The van der Waals surface area contributed by atoms with Gasteiger partial charge in [0.1, 0.15) is 12.0 Å². The molecular formula is C12H7ClFN5O2S2. The number of carbonyl (C=O) groups excluding carboxylic acids is 1. The number of benzene rings is 1. The van der Waals surface area contributed by atoms with Crippen LogP contribution in [0.1, 0.15) is 0 Å². The Morgan fingerprint density at radius 2 is 2.30 bits per heavy atom. The average molecular weight is 372 g/mol. The first kappa shape index (κ1) is 15.8. The lowest BCUT2D eigenvalue weighted by Crippen LogP contribution is -2.15. The first-order chi connectivity index (χ1) is 11.0. The highest BCUT2D eigenvalue weighted by molar-refractivity contribution is 8.01. The average Bonchev–Trinajstić information content (AvgIpc) is 2.94. The lowest BCUT2D eigenvalue weighted by molar-refractivity contribution is -0.113. The van der Waals surface area contributed by atoms with Crippen molar-refractivity contribution in [2.75, 3.05) is 11.1 Å².